The van der Waals surface area contributed by atoms with Crippen LogP contribution < -0.4 is 5.32 Å². The minimum absolute atomic E-state index is 0.191. The molecule has 2 nitrogen and oxygen atoms in total. The number of hydrogen-bond acceptors (Lipinski definition) is 2. The van der Waals surface area contributed by atoms with Gasteiger partial charge in [-0.3, -0.25) is 0 Å². The third-order valence-corrected chi connectivity index (χ3v) is 3.34. The highest BCUT2D eigenvalue weighted by Gasteiger charge is 2.19. The Morgan fingerprint density at radius 1 is 1.25 bits per heavy atom. The quantitative estimate of drug-likeness (QED) is 0.797. The fraction of sp³-hybridized carbons (Fsp3) is 0.385. The lowest BCUT2D eigenvalue weighted by molar-refractivity contribution is 0.457. The van der Waals surface area contributed by atoms with Crippen molar-refractivity contribution in [3.05, 3.63) is 35.8 Å². The largest absolute Gasteiger partial charge is 0.464 e. The Kier molecular flexibility index (Phi) is 2.40. The zero-order valence-electron chi connectivity index (χ0n) is 9.00. The predicted octanol–water partition coefficient (Wildman–Crippen LogP) is 3.04. The smallest absolute Gasteiger partial charge is 0.134 e. The molecule has 0 aliphatic carbocycles. The minimum Gasteiger partial charge on any atom is -0.464 e. The molecule has 0 spiro atoms. The molecule has 2 aromatic rings. The Hall–Kier alpha value is -1.35. The molecule has 0 unspecified atom stereocenters. The molecule has 0 bridgehead atoms. The van der Waals surface area contributed by atoms with E-state index in [0.29, 0.717) is 5.92 Å². The van der Waals surface area contributed by atoms with Crippen molar-refractivity contribution >= 4 is 11.0 Å². The Morgan fingerprint density at radius 2 is 2.06 bits per heavy atom. The molecule has 1 N–H and O–H groups in total. The first-order chi connectivity index (χ1) is 7.84. The standard InChI is InChI=1S/C13H14FNO/c14-10-1-2-13-11(7-10)12(8-16-13)9-3-5-15-6-4-9/h1-2,7-9,15H,3-6H2. The second-order valence-corrected chi connectivity index (χ2v) is 4.36. The van der Waals surface area contributed by atoms with Crippen LogP contribution in [0.15, 0.2) is 28.9 Å². The Labute approximate surface area is 93.4 Å². The molecule has 1 saturated heterocycles. The molecule has 1 aliphatic heterocycles. The summed E-state index contributed by atoms with van der Waals surface area (Å²) in [7, 11) is 0. The van der Waals surface area contributed by atoms with Gasteiger partial charge in [0, 0.05) is 10.9 Å². The summed E-state index contributed by atoms with van der Waals surface area (Å²) in [5.41, 5.74) is 1.95. The zero-order valence-corrected chi connectivity index (χ0v) is 9.00. The van der Waals surface area contributed by atoms with Crippen LogP contribution in [0.2, 0.25) is 0 Å². The molecule has 84 valence electrons. The van der Waals surface area contributed by atoms with Gasteiger partial charge in [0.1, 0.15) is 11.4 Å². The summed E-state index contributed by atoms with van der Waals surface area (Å²) in [5, 5.41) is 4.27. The fourth-order valence-corrected chi connectivity index (χ4v) is 2.47. The van der Waals surface area contributed by atoms with Gasteiger partial charge in [-0.15, -0.1) is 0 Å². The van der Waals surface area contributed by atoms with E-state index in [0.717, 1.165) is 42.5 Å². The van der Waals surface area contributed by atoms with Crippen LogP contribution in [-0.2, 0) is 0 Å². The maximum atomic E-state index is 13.2. The molecular weight excluding hydrogens is 205 g/mol. The Bertz CT molecular complexity index is 500. The first kappa shape index (κ1) is 9.85. The SMILES string of the molecule is Fc1ccc2occ(C3CCNCC3)c2c1. The first-order valence-electron chi connectivity index (χ1n) is 5.72. The lowest BCUT2D eigenvalue weighted by Gasteiger charge is -2.21. The number of fused-ring (bicyclic) bond motifs is 1. The maximum absolute atomic E-state index is 13.2. The van der Waals surface area contributed by atoms with Crippen LogP contribution in [0.3, 0.4) is 0 Å². The van der Waals surface area contributed by atoms with Gasteiger partial charge in [0.25, 0.3) is 0 Å². The molecule has 0 amide bonds. The number of nitrogens with one attached hydrogen (secondary N) is 1. The van der Waals surface area contributed by atoms with Crippen molar-refractivity contribution in [2.24, 2.45) is 0 Å². The zero-order chi connectivity index (χ0) is 11.0. The number of rotatable bonds is 1. The van der Waals surface area contributed by atoms with Gasteiger partial charge in [0.15, 0.2) is 0 Å². The van der Waals surface area contributed by atoms with Crippen molar-refractivity contribution < 1.29 is 8.81 Å². The average Bonchev–Trinajstić information content (AvgIpc) is 2.73. The molecule has 1 fully saturated rings. The van der Waals surface area contributed by atoms with Gasteiger partial charge in [-0.1, -0.05) is 0 Å². The van der Waals surface area contributed by atoms with Crippen LogP contribution in [0, 0.1) is 5.82 Å². The van der Waals surface area contributed by atoms with Crippen LogP contribution in [0.4, 0.5) is 4.39 Å². The van der Waals surface area contributed by atoms with Crippen LogP contribution in [0.5, 0.6) is 0 Å². The van der Waals surface area contributed by atoms with E-state index in [-0.39, 0.29) is 5.82 Å². The lowest BCUT2D eigenvalue weighted by Crippen LogP contribution is -2.26. The molecule has 2 heterocycles. The van der Waals surface area contributed by atoms with E-state index in [4.69, 9.17) is 4.42 Å². The Balaban J connectivity index is 2.05. The number of piperidine rings is 1. The van der Waals surface area contributed by atoms with E-state index in [1.165, 1.54) is 6.07 Å². The highest BCUT2D eigenvalue weighted by Crippen LogP contribution is 2.33. The van der Waals surface area contributed by atoms with Crippen LogP contribution in [-0.4, -0.2) is 13.1 Å². The van der Waals surface area contributed by atoms with Gasteiger partial charge >= 0.3 is 0 Å². The van der Waals surface area contributed by atoms with Crippen molar-refractivity contribution in [1.82, 2.24) is 5.32 Å². The monoisotopic (exact) mass is 219 g/mol. The van der Waals surface area contributed by atoms with Crippen LogP contribution in [0.1, 0.15) is 24.3 Å². The van der Waals surface area contributed by atoms with E-state index in [9.17, 15) is 4.39 Å². The van der Waals surface area contributed by atoms with Gasteiger partial charge in [-0.05, 0) is 50.0 Å². The van der Waals surface area contributed by atoms with E-state index in [1.807, 2.05) is 0 Å². The number of halogens is 1. The van der Waals surface area contributed by atoms with Crippen molar-refractivity contribution in [3.63, 3.8) is 0 Å². The molecule has 0 atom stereocenters. The highest BCUT2D eigenvalue weighted by molar-refractivity contribution is 5.81. The molecule has 0 radical (unpaired) electrons. The lowest BCUT2D eigenvalue weighted by atomic mass is 9.90. The maximum Gasteiger partial charge on any atom is 0.134 e. The van der Waals surface area contributed by atoms with Gasteiger partial charge in [0.05, 0.1) is 6.26 Å². The summed E-state index contributed by atoms with van der Waals surface area (Å²) in [6.07, 6.45) is 4.00. The molecule has 1 aliphatic rings. The first-order valence-corrected chi connectivity index (χ1v) is 5.72. The van der Waals surface area contributed by atoms with E-state index < -0.39 is 0 Å². The summed E-state index contributed by atoms with van der Waals surface area (Å²) in [5.74, 6) is 0.313. The third kappa shape index (κ3) is 1.61. The number of furan rings is 1. The predicted molar refractivity (Wildman–Crippen MR) is 61.0 cm³/mol. The van der Waals surface area contributed by atoms with Gasteiger partial charge in [-0.25, -0.2) is 4.39 Å². The average molecular weight is 219 g/mol. The summed E-state index contributed by atoms with van der Waals surface area (Å²) in [6, 6.07) is 4.73. The van der Waals surface area contributed by atoms with Crippen molar-refractivity contribution in [2.75, 3.05) is 13.1 Å². The molecule has 3 rings (SSSR count). The summed E-state index contributed by atoms with van der Waals surface area (Å²) < 4.78 is 18.7. The van der Waals surface area contributed by atoms with Crippen LogP contribution in [0.25, 0.3) is 11.0 Å². The Morgan fingerprint density at radius 3 is 2.88 bits per heavy atom. The molecule has 1 aromatic heterocycles. The molecule has 16 heavy (non-hydrogen) atoms. The third-order valence-electron chi connectivity index (χ3n) is 3.34. The minimum atomic E-state index is -0.191. The summed E-state index contributed by atoms with van der Waals surface area (Å²) in [4.78, 5) is 0. The second-order valence-electron chi connectivity index (χ2n) is 4.36. The summed E-state index contributed by atoms with van der Waals surface area (Å²) >= 11 is 0. The highest BCUT2D eigenvalue weighted by atomic mass is 19.1. The fourth-order valence-electron chi connectivity index (χ4n) is 2.47. The van der Waals surface area contributed by atoms with Crippen molar-refractivity contribution in [3.8, 4) is 0 Å². The van der Waals surface area contributed by atoms with Gasteiger partial charge in [-0.2, -0.15) is 0 Å². The van der Waals surface area contributed by atoms with E-state index in [1.54, 1.807) is 18.4 Å². The van der Waals surface area contributed by atoms with Crippen molar-refractivity contribution in [2.45, 2.75) is 18.8 Å². The van der Waals surface area contributed by atoms with Crippen molar-refractivity contribution in [1.29, 1.82) is 0 Å². The molecule has 1 aromatic carbocycles. The normalized spacial score (nSPS) is 18.1. The van der Waals surface area contributed by atoms with Crippen LogP contribution >= 0.6 is 0 Å². The van der Waals surface area contributed by atoms with Gasteiger partial charge < -0.3 is 9.73 Å². The summed E-state index contributed by atoms with van der Waals surface area (Å²) in [6.45, 7) is 2.07. The topological polar surface area (TPSA) is 25.2 Å². The molecule has 0 saturated carbocycles. The molecular formula is C13H14FNO. The van der Waals surface area contributed by atoms with Gasteiger partial charge in [0.2, 0.25) is 0 Å². The van der Waals surface area contributed by atoms with E-state index >= 15 is 0 Å². The number of hydrogen-bond donors (Lipinski definition) is 1. The van der Waals surface area contributed by atoms with E-state index in [2.05, 4.69) is 5.32 Å². The molecule has 3 heteroatoms. The number of benzene rings is 1. The second kappa shape index (κ2) is 3.91.